The van der Waals surface area contributed by atoms with Crippen molar-refractivity contribution in [1.82, 2.24) is 5.32 Å². The standard InChI is InChI=1S/C18H29NO/c1-3-13-19-14-18(15-7-5-6-8-15)16-9-11-17(12-10-16)20-4-2/h9-12,15,18-19H,3-8,13-14H2,1-2H3. The molecule has 2 heteroatoms. The largest absolute Gasteiger partial charge is 0.494 e. The Morgan fingerprint density at radius 3 is 2.45 bits per heavy atom. The molecule has 1 saturated carbocycles. The maximum atomic E-state index is 5.55. The molecule has 0 saturated heterocycles. The number of nitrogens with one attached hydrogen (secondary N) is 1. The van der Waals surface area contributed by atoms with Crippen LogP contribution in [0.2, 0.25) is 0 Å². The molecule has 1 aromatic carbocycles. The van der Waals surface area contributed by atoms with Crippen molar-refractivity contribution in [1.29, 1.82) is 0 Å². The van der Waals surface area contributed by atoms with Gasteiger partial charge in [-0.1, -0.05) is 31.9 Å². The predicted molar refractivity (Wildman–Crippen MR) is 85.5 cm³/mol. The second-order valence-corrected chi connectivity index (χ2v) is 5.86. The van der Waals surface area contributed by atoms with Crippen molar-refractivity contribution in [2.24, 2.45) is 5.92 Å². The average molecular weight is 275 g/mol. The zero-order valence-corrected chi connectivity index (χ0v) is 13.0. The molecule has 1 N–H and O–H groups in total. The van der Waals surface area contributed by atoms with Crippen molar-refractivity contribution in [3.8, 4) is 5.75 Å². The summed E-state index contributed by atoms with van der Waals surface area (Å²) in [6, 6.07) is 8.78. The first-order chi connectivity index (χ1) is 9.85. The van der Waals surface area contributed by atoms with Gasteiger partial charge in [-0.3, -0.25) is 0 Å². The van der Waals surface area contributed by atoms with Crippen LogP contribution in [0.5, 0.6) is 5.75 Å². The maximum absolute atomic E-state index is 5.55. The van der Waals surface area contributed by atoms with E-state index >= 15 is 0 Å². The second-order valence-electron chi connectivity index (χ2n) is 5.86. The van der Waals surface area contributed by atoms with Gasteiger partial charge in [-0.15, -0.1) is 0 Å². The fourth-order valence-electron chi connectivity index (χ4n) is 3.33. The topological polar surface area (TPSA) is 21.3 Å². The third kappa shape index (κ3) is 4.24. The van der Waals surface area contributed by atoms with Crippen LogP contribution < -0.4 is 10.1 Å². The molecule has 0 amide bonds. The van der Waals surface area contributed by atoms with E-state index in [9.17, 15) is 0 Å². The monoisotopic (exact) mass is 275 g/mol. The first-order valence-electron chi connectivity index (χ1n) is 8.28. The van der Waals surface area contributed by atoms with E-state index in [-0.39, 0.29) is 0 Å². The van der Waals surface area contributed by atoms with Crippen LogP contribution in [0.15, 0.2) is 24.3 Å². The molecule has 1 fully saturated rings. The summed E-state index contributed by atoms with van der Waals surface area (Å²) in [4.78, 5) is 0. The van der Waals surface area contributed by atoms with Crippen molar-refractivity contribution in [3.05, 3.63) is 29.8 Å². The lowest BCUT2D eigenvalue weighted by Gasteiger charge is -2.24. The predicted octanol–water partition coefficient (Wildman–Crippen LogP) is 4.36. The van der Waals surface area contributed by atoms with E-state index in [1.165, 1.54) is 37.7 Å². The first kappa shape index (κ1) is 15.4. The molecule has 0 heterocycles. The van der Waals surface area contributed by atoms with E-state index in [0.717, 1.165) is 31.4 Å². The van der Waals surface area contributed by atoms with Gasteiger partial charge in [0.15, 0.2) is 0 Å². The van der Waals surface area contributed by atoms with Crippen LogP contribution in [0.3, 0.4) is 0 Å². The van der Waals surface area contributed by atoms with Gasteiger partial charge in [-0.25, -0.2) is 0 Å². The van der Waals surface area contributed by atoms with Crippen LogP contribution in [0.4, 0.5) is 0 Å². The van der Waals surface area contributed by atoms with Gasteiger partial charge in [0.05, 0.1) is 6.61 Å². The Bertz CT molecular complexity index is 368. The molecule has 0 spiro atoms. The minimum atomic E-state index is 0.666. The lowest BCUT2D eigenvalue weighted by molar-refractivity contribution is 0.339. The third-order valence-electron chi connectivity index (χ3n) is 4.38. The first-order valence-corrected chi connectivity index (χ1v) is 8.28. The Kier molecular flexibility index (Phi) is 6.38. The molecule has 0 radical (unpaired) electrons. The van der Waals surface area contributed by atoms with Crippen LogP contribution in [-0.4, -0.2) is 19.7 Å². The van der Waals surface area contributed by atoms with Crippen LogP contribution in [0.1, 0.15) is 57.4 Å². The summed E-state index contributed by atoms with van der Waals surface area (Å²) in [5, 5.41) is 3.62. The quantitative estimate of drug-likeness (QED) is 0.712. The summed E-state index contributed by atoms with van der Waals surface area (Å²) in [5.74, 6) is 2.51. The fourth-order valence-corrected chi connectivity index (χ4v) is 3.33. The maximum Gasteiger partial charge on any atom is 0.119 e. The Labute approximate surface area is 123 Å². The van der Waals surface area contributed by atoms with Crippen LogP contribution in [0, 0.1) is 5.92 Å². The number of ether oxygens (including phenoxy) is 1. The lowest BCUT2D eigenvalue weighted by atomic mass is 9.84. The number of hydrogen-bond acceptors (Lipinski definition) is 2. The Balaban J connectivity index is 2.03. The van der Waals surface area contributed by atoms with E-state index in [1.807, 2.05) is 6.92 Å². The normalized spacial score (nSPS) is 17.3. The van der Waals surface area contributed by atoms with Gasteiger partial charge in [0.1, 0.15) is 5.75 Å². The van der Waals surface area contributed by atoms with E-state index in [1.54, 1.807) is 0 Å². The molecule has 1 atom stereocenters. The molecule has 2 nitrogen and oxygen atoms in total. The van der Waals surface area contributed by atoms with Gasteiger partial charge in [0.25, 0.3) is 0 Å². The second kappa shape index (κ2) is 8.31. The Hall–Kier alpha value is -1.02. The molecule has 0 bridgehead atoms. The summed E-state index contributed by atoms with van der Waals surface area (Å²) < 4.78 is 5.55. The molecule has 20 heavy (non-hydrogen) atoms. The zero-order chi connectivity index (χ0) is 14.2. The Morgan fingerprint density at radius 1 is 1.15 bits per heavy atom. The minimum Gasteiger partial charge on any atom is -0.494 e. The smallest absolute Gasteiger partial charge is 0.119 e. The summed E-state index contributed by atoms with van der Waals surface area (Å²) in [7, 11) is 0. The van der Waals surface area contributed by atoms with E-state index < -0.39 is 0 Å². The summed E-state index contributed by atoms with van der Waals surface area (Å²) >= 11 is 0. The van der Waals surface area contributed by atoms with E-state index in [4.69, 9.17) is 4.74 Å². The third-order valence-corrected chi connectivity index (χ3v) is 4.38. The van der Waals surface area contributed by atoms with Crippen molar-refractivity contribution in [2.45, 2.75) is 51.9 Å². The number of benzene rings is 1. The highest BCUT2D eigenvalue weighted by Gasteiger charge is 2.25. The zero-order valence-electron chi connectivity index (χ0n) is 13.0. The van der Waals surface area contributed by atoms with Crippen molar-refractivity contribution >= 4 is 0 Å². The van der Waals surface area contributed by atoms with E-state index in [0.29, 0.717) is 5.92 Å². The summed E-state index contributed by atoms with van der Waals surface area (Å²) in [6.07, 6.45) is 6.82. The number of hydrogen-bond donors (Lipinski definition) is 1. The van der Waals surface area contributed by atoms with Gasteiger partial charge in [-0.05, 0) is 62.3 Å². The van der Waals surface area contributed by atoms with Gasteiger partial charge in [-0.2, -0.15) is 0 Å². The van der Waals surface area contributed by atoms with Gasteiger partial charge in [0, 0.05) is 6.54 Å². The molecule has 2 rings (SSSR count). The molecule has 1 unspecified atom stereocenters. The van der Waals surface area contributed by atoms with Gasteiger partial charge in [0.2, 0.25) is 0 Å². The highest BCUT2D eigenvalue weighted by atomic mass is 16.5. The fraction of sp³-hybridized carbons (Fsp3) is 0.667. The molecular formula is C18H29NO. The lowest BCUT2D eigenvalue weighted by Crippen LogP contribution is -2.26. The molecule has 1 aliphatic rings. The molecule has 112 valence electrons. The van der Waals surface area contributed by atoms with Crippen LogP contribution in [-0.2, 0) is 0 Å². The molecule has 1 aliphatic carbocycles. The Morgan fingerprint density at radius 2 is 1.85 bits per heavy atom. The molecule has 0 aliphatic heterocycles. The van der Waals surface area contributed by atoms with Gasteiger partial charge < -0.3 is 10.1 Å². The van der Waals surface area contributed by atoms with Crippen molar-refractivity contribution in [3.63, 3.8) is 0 Å². The number of rotatable bonds is 8. The molecular weight excluding hydrogens is 246 g/mol. The van der Waals surface area contributed by atoms with Crippen molar-refractivity contribution in [2.75, 3.05) is 19.7 Å². The van der Waals surface area contributed by atoms with Crippen molar-refractivity contribution < 1.29 is 4.74 Å². The van der Waals surface area contributed by atoms with E-state index in [2.05, 4.69) is 36.5 Å². The average Bonchev–Trinajstić information content (AvgIpc) is 2.99. The summed E-state index contributed by atoms with van der Waals surface area (Å²) in [6.45, 7) is 7.24. The minimum absolute atomic E-state index is 0.666. The highest BCUT2D eigenvalue weighted by molar-refractivity contribution is 5.30. The van der Waals surface area contributed by atoms with Gasteiger partial charge >= 0.3 is 0 Å². The summed E-state index contributed by atoms with van der Waals surface area (Å²) in [5.41, 5.74) is 1.48. The van der Waals surface area contributed by atoms with Crippen LogP contribution in [0.25, 0.3) is 0 Å². The molecule has 1 aromatic rings. The molecule has 0 aromatic heterocycles. The highest BCUT2D eigenvalue weighted by Crippen LogP contribution is 2.37. The SMILES string of the molecule is CCCNCC(c1ccc(OCC)cc1)C1CCCC1. The van der Waals surface area contributed by atoms with Crippen LogP contribution >= 0.6 is 0 Å².